The van der Waals surface area contributed by atoms with Crippen molar-refractivity contribution in [3.63, 3.8) is 0 Å². The van der Waals surface area contributed by atoms with E-state index in [0.717, 1.165) is 43.3 Å². The maximum absolute atomic E-state index is 13.0. The molecule has 0 aromatic heterocycles. The minimum Gasteiger partial charge on any atom is -0.459 e. The highest BCUT2D eigenvalue weighted by atomic mass is 16.6. The Bertz CT molecular complexity index is 2230. The molecule has 77 heavy (non-hydrogen) atoms. The van der Waals surface area contributed by atoms with Crippen LogP contribution in [0, 0.1) is 11.8 Å². The van der Waals surface area contributed by atoms with Crippen molar-refractivity contribution in [1.29, 1.82) is 0 Å². The second kappa shape index (κ2) is 28.8. The largest absolute Gasteiger partial charge is 0.459 e. The Kier molecular flexibility index (Phi) is 22.9. The fraction of sp³-hybridized carbons (Fsp3) is 0.695. The van der Waals surface area contributed by atoms with Crippen molar-refractivity contribution in [2.45, 2.75) is 224 Å². The molecule has 0 aromatic carbocycles. The van der Waals surface area contributed by atoms with Gasteiger partial charge < -0.3 is 59.2 Å². The molecular formula is C59H88N4O14. The lowest BCUT2D eigenvalue weighted by Crippen LogP contribution is -2.50. The zero-order valence-electron chi connectivity index (χ0n) is 47.2. The highest BCUT2D eigenvalue weighted by molar-refractivity contribution is 5.88. The smallest absolute Gasteiger partial charge is 0.308 e. The average Bonchev–Trinajstić information content (AvgIpc) is 4.32. The van der Waals surface area contributed by atoms with Crippen molar-refractivity contribution in [2.24, 2.45) is 11.8 Å². The standard InChI is InChI=1S/C59H88N4O14/c1-11-60-55(67)28-47-32-58(34-70-58)30-45(76-47)18-12-36(2)14-20-52-39(5)27-50(43(9)75-52)63-54(66)23-17-41(7)73-57(69)24-25-61-56(68)29-48-33-59(35-71-59)31-46(77-48)19-13-37(3)15-21-51-38(4)26-49(42(8)74-51)62-53(65)22-16-40(6)72-44(10)64/h12-19,22-23,38-43,45-52H,11,20-21,24-35H2,1-10H3,(H,60,67)(H,61,68)(H,62,65)(H,63,66). The van der Waals surface area contributed by atoms with Gasteiger partial charge in [-0.05, 0) is 98.1 Å². The molecule has 0 aromatic rings. The normalized spacial score (nSPS) is 34.3. The van der Waals surface area contributed by atoms with E-state index in [1.54, 1.807) is 19.9 Å². The van der Waals surface area contributed by atoms with Crippen LogP contribution in [0.25, 0.3) is 0 Å². The molecule has 6 aliphatic heterocycles. The van der Waals surface area contributed by atoms with Gasteiger partial charge in [0.2, 0.25) is 23.6 Å². The van der Waals surface area contributed by atoms with Crippen molar-refractivity contribution in [3.05, 3.63) is 71.9 Å². The maximum atomic E-state index is 13.0. The fourth-order valence-corrected chi connectivity index (χ4v) is 10.8. The maximum Gasteiger partial charge on any atom is 0.308 e. The third kappa shape index (κ3) is 20.6. The van der Waals surface area contributed by atoms with Crippen LogP contribution >= 0.6 is 0 Å². The van der Waals surface area contributed by atoms with Crippen molar-refractivity contribution in [1.82, 2.24) is 21.3 Å². The van der Waals surface area contributed by atoms with Crippen LogP contribution in [0.15, 0.2) is 71.9 Å². The van der Waals surface area contributed by atoms with Gasteiger partial charge in [0.25, 0.3) is 0 Å². The predicted molar refractivity (Wildman–Crippen MR) is 289 cm³/mol. The van der Waals surface area contributed by atoms with Gasteiger partial charge in [0, 0.05) is 57.8 Å². The molecule has 6 aliphatic rings. The Hall–Kier alpha value is -4.98. The molecule has 16 atom stereocenters. The zero-order chi connectivity index (χ0) is 55.9. The Morgan fingerprint density at radius 3 is 1.48 bits per heavy atom. The molecule has 0 bridgehead atoms. The van der Waals surface area contributed by atoms with E-state index < -0.39 is 24.1 Å². The number of epoxide rings is 2. The Morgan fingerprint density at radius 1 is 0.610 bits per heavy atom. The predicted octanol–water partition coefficient (Wildman–Crippen LogP) is 6.42. The van der Waals surface area contributed by atoms with Crippen LogP contribution in [-0.4, -0.2) is 146 Å². The zero-order valence-corrected chi connectivity index (χ0v) is 47.2. The fourth-order valence-electron chi connectivity index (χ4n) is 10.8. The molecule has 428 valence electrons. The third-order valence-corrected chi connectivity index (χ3v) is 15.3. The Balaban J connectivity index is 0.840. The summed E-state index contributed by atoms with van der Waals surface area (Å²) in [6.07, 6.45) is 22.2. The minimum atomic E-state index is -0.659. The summed E-state index contributed by atoms with van der Waals surface area (Å²) in [5, 5.41) is 11.8. The summed E-state index contributed by atoms with van der Waals surface area (Å²) in [7, 11) is 0. The van der Waals surface area contributed by atoms with Crippen LogP contribution in [0.5, 0.6) is 0 Å². The van der Waals surface area contributed by atoms with Gasteiger partial charge >= 0.3 is 11.9 Å². The lowest BCUT2D eigenvalue weighted by molar-refractivity contribution is -0.146. The topological polar surface area (TPSA) is 231 Å². The van der Waals surface area contributed by atoms with Crippen LogP contribution in [0.1, 0.15) is 140 Å². The van der Waals surface area contributed by atoms with E-state index in [0.29, 0.717) is 45.4 Å². The number of rotatable bonds is 24. The summed E-state index contributed by atoms with van der Waals surface area (Å²) in [4.78, 5) is 74.6. The lowest BCUT2D eigenvalue weighted by atomic mass is 9.88. The highest BCUT2D eigenvalue weighted by Gasteiger charge is 2.52. The van der Waals surface area contributed by atoms with Gasteiger partial charge in [-0.1, -0.05) is 61.4 Å². The average molecular weight is 1080 g/mol. The highest BCUT2D eigenvalue weighted by Crippen LogP contribution is 2.44. The molecule has 6 saturated heterocycles. The second-order valence-corrected chi connectivity index (χ2v) is 22.5. The van der Waals surface area contributed by atoms with E-state index in [9.17, 15) is 28.8 Å². The van der Waals surface area contributed by atoms with Gasteiger partial charge in [-0.2, -0.15) is 0 Å². The minimum absolute atomic E-state index is 0.00415. The van der Waals surface area contributed by atoms with Crippen molar-refractivity contribution in [2.75, 3.05) is 26.3 Å². The van der Waals surface area contributed by atoms with E-state index >= 15 is 0 Å². The molecule has 18 nitrogen and oxygen atoms in total. The van der Waals surface area contributed by atoms with Crippen LogP contribution in [0.3, 0.4) is 0 Å². The number of hydrogen-bond donors (Lipinski definition) is 4. The number of hydrogen-bond acceptors (Lipinski definition) is 14. The summed E-state index contributed by atoms with van der Waals surface area (Å²) < 4.78 is 47.6. The van der Waals surface area contributed by atoms with Crippen LogP contribution in [0.2, 0.25) is 0 Å². The molecule has 0 aliphatic carbocycles. The Labute approximate surface area is 456 Å². The number of ether oxygens (including phenoxy) is 8. The van der Waals surface area contributed by atoms with E-state index in [4.69, 9.17) is 37.9 Å². The van der Waals surface area contributed by atoms with E-state index in [2.05, 4.69) is 66.3 Å². The summed E-state index contributed by atoms with van der Waals surface area (Å²) in [6.45, 7) is 20.9. The first-order chi connectivity index (χ1) is 36.6. The molecule has 2 spiro atoms. The molecule has 4 amide bonds. The molecular weight excluding hydrogens is 989 g/mol. The molecule has 6 heterocycles. The molecule has 6 fully saturated rings. The summed E-state index contributed by atoms with van der Waals surface area (Å²) in [5.74, 6) is -1.30. The van der Waals surface area contributed by atoms with Gasteiger partial charge in [-0.25, -0.2) is 0 Å². The van der Waals surface area contributed by atoms with Crippen molar-refractivity contribution >= 4 is 35.6 Å². The lowest BCUT2D eigenvalue weighted by Gasteiger charge is -2.39. The number of allylic oxidation sites excluding steroid dienone is 4. The first-order valence-corrected chi connectivity index (χ1v) is 28.1. The molecule has 4 N–H and O–H groups in total. The molecule has 0 saturated carbocycles. The first-order valence-electron chi connectivity index (χ1n) is 28.1. The van der Waals surface area contributed by atoms with Gasteiger partial charge in [0.05, 0.1) is 105 Å². The SMILES string of the molecule is CCNC(=O)CC1CC2(CO2)CC(C=CC(C)=CCC2OC(C)C(NC(=O)C=CC(C)OC(=O)CCNC(=O)CC3CC4(CO4)CC(C=CC(C)=CCC4OC(C)C(NC(=O)C=CC(C)OC(C)=O)CC4C)O3)CC2C)O1. The van der Waals surface area contributed by atoms with Crippen LogP contribution in [0.4, 0.5) is 0 Å². The van der Waals surface area contributed by atoms with Gasteiger partial charge in [0.1, 0.15) is 12.2 Å². The van der Waals surface area contributed by atoms with E-state index in [-0.39, 0.29) is 127 Å². The van der Waals surface area contributed by atoms with E-state index in [1.165, 1.54) is 25.2 Å². The van der Waals surface area contributed by atoms with Crippen LogP contribution < -0.4 is 21.3 Å². The van der Waals surface area contributed by atoms with Crippen molar-refractivity contribution < 1.29 is 66.7 Å². The number of carbonyl (C=O) groups is 6. The van der Waals surface area contributed by atoms with Crippen molar-refractivity contribution in [3.8, 4) is 0 Å². The number of esters is 2. The molecule has 0 radical (unpaired) electrons. The summed E-state index contributed by atoms with van der Waals surface area (Å²) in [6, 6.07) is -0.327. The number of amides is 4. The van der Waals surface area contributed by atoms with Crippen LogP contribution in [-0.2, 0) is 66.7 Å². The van der Waals surface area contributed by atoms with Gasteiger partial charge in [0.15, 0.2) is 0 Å². The van der Waals surface area contributed by atoms with Gasteiger partial charge in [-0.15, -0.1) is 0 Å². The second-order valence-electron chi connectivity index (χ2n) is 22.5. The van der Waals surface area contributed by atoms with Gasteiger partial charge in [-0.3, -0.25) is 28.8 Å². The quantitative estimate of drug-likeness (QED) is 0.0354. The molecule has 18 heteroatoms. The Morgan fingerprint density at radius 2 is 1.05 bits per heavy atom. The first kappa shape index (κ1) is 61.2. The summed E-state index contributed by atoms with van der Waals surface area (Å²) in [5.41, 5.74) is 1.68. The molecule has 6 rings (SSSR count). The monoisotopic (exact) mass is 1080 g/mol. The molecule has 16 unspecified atom stereocenters. The third-order valence-electron chi connectivity index (χ3n) is 15.3. The summed E-state index contributed by atoms with van der Waals surface area (Å²) >= 11 is 0. The van der Waals surface area contributed by atoms with E-state index in [1.807, 2.05) is 39.8 Å². The number of carbonyl (C=O) groups excluding carboxylic acids is 6. The number of nitrogens with one attached hydrogen (secondary N) is 4.